The fourth-order valence-electron chi connectivity index (χ4n) is 1.63. The Bertz CT molecular complexity index is 329. The Morgan fingerprint density at radius 2 is 1.75 bits per heavy atom. The molecule has 0 saturated heterocycles. The Hall–Kier alpha value is -0.680. The minimum absolute atomic E-state index is 0.299. The van der Waals surface area contributed by atoms with Gasteiger partial charge in [0.25, 0.3) is 0 Å². The monoisotopic (exact) mass is 286 g/mol. The molecule has 0 aromatic rings. The summed E-state index contributed by atoms with van der Waals surface area (Å²) in [7, 11) is 1.62. The van der Waals surface area contributed by atoms with E-state index in [9.17, 15) is 15.3 Å². The second kappa shape index (κ2) is 7.36. The van der Waals surface area contributed by atoms with Gasteiger partial charge in [0.15, 0.2) is 0 Å². The van der Waals surface area contributed by atoms with Crippen molar-refractivity contribution >= 4 is 0 Å². The predicted octanol–water partition coefficient (Wildman–Crippen LogP) is 2.19. The summed E-state index contributed by atoms with van der Waals surface area (Å²) in [5.74, 6) is 0. The van der Waals surface area contributed by atoms with Gasteiger partial charge < -0.3 is 20.1 Å². The fraction of sp³-hybridized carbons (Fsp3) is 0.750. The molecule has 3 N–H and O–H groups in total. The van der Waals surface area contributed by atoms with Crippen molar-refractivity contribution in [3.63, 3.8) is 0 Å². The molecule has 4 nitrogen and oxygen atoms in total. The van der Waals surface area contributed by atoms with Crippen LogP contribution in [0.25, 0.3) is 0 Å². The zero-order valence-electron chi connectivity index (χ0n) is 13.4. The lowest BCUT2D eigenvalue weighted by Gasteiger charge is -2.30. The smallest absolute Gasteiger partial charge is 0.0911 e. The number of rotatable bonds is 9. The number of hydrogen-bond acceptors (Lipinski definition) is 4. The molecule has 118 valence electrons. The Balaban J connectivity index is 4.45. The molecular formula is C16H30O4. The van der Waals surface area contributed by atoms with Crippen LogP contribution in [-0.4, -0.2) is 45.3 Å². The Morgan fingerprint density at radius 1 is 1.20 bits per heavy atom. The van der Waals surface area contributed by atoms with E-state index in [4.69, 9.17) is 4.74 Å². The summed E-state index contributed by atoms with van der Waals surface area (Å²) in [5, 5.41) is 30.1. The van der Waals surface area contributed by atoms with Gasteiger partial charge in [-0.2, -0.15) is 0 Å². The van der Waals surface area contributed by atoms with Gasteiger partial charge in [-0.3, -0.25) is 0 Å². The van der Waals surface area contributed by atoms with E-state index in [0.29, 0.717) is 19.3 Å². The van der Waals surface area contributed by atoms with Gasteiger partial charge in [-0.05, 0) is 47.0 Å². The van der Waals surface area contributed by atoms with Gasteiger partial charge in [0.05, 0.1) is 22.9 Å². The normalized spacial score (nSPS) is 20.4. The largest absolute Gasteiger partial charge is 0.390 e. The number of aliphatic hydroxyl groups is 3. The van der Waals surface area contributed by atoms with Gasteiger partial charge in [0.2, 0.25) is 0 Å². The van der Waals surface area contributed by atoms with Crippen molar-refractivity contribution in [1.29, 1.82) is 0 Å². The summed E-state index contributed by atoms with van der Waals surface area (Å²) < 4.78 is 5.24. The minimum atomic E-state index is -1.24. The van der Waals surface area contributed by atoms with Crippen molar-refractivity contribution in [2.75, 3.05) is 7.11 Å². The van der Waals surface area contributed by atoms with Gasteiger partial charge in [-0.15, -0.1) is 6.58 Å². The third-order valence-corrected chi connectivity index (χ3v) is 3.66. The first kappa shape index (κ1) is 19.3. The molecule has 0 rings (SSSR count). The molecule has 4 heteroatoms. The van der Waals surface area contributed by atoms with Crippen LogP contribution in [0.5, 0.6) is 0 Å². The SMILES string of the molecule is C=CC(C)(O)CCC(O)C(C)(O)CC=CC(C)(C)OC. The molecule has 0 spiro atoms. The highest BCUT2D eigenvalue weighted by Crippen LogP contribution is 2.24. The summed E-state index contributed by atoms with van der Waals surface area (Å²) in [5.41, 5.74) is -2.66. The highest BCUT2D eigenvalue weighted by Gasteiger charge is 2.30. The lowest BCUT2D eigenvalue weighted by atomic mass is 9.88. The summed E-state index contributed by atoms with van der Waals surface area (Å²) in [6, 6.07) is 0. The minimum Gasteiger partial charge on any atom is -0.390 e. The van der Waals surface area contributed by atoms with Crippen molar-refractivity contribution in [1.82, 2.24) is 0 Å². The fourth-order valence-corrected chi connectivity index (χ4v) is 1.63. The topological polar surface area (TPSA) is 69.9 Å². The summed E-state index contributed by atoms with van der Waals surface area (Å²) >= 11 is 0. The van der Waals surface area contributed by atoms with Gasteiger partial charge in [-0.1, -0.05) is 18.2 Å². The van der Waals surface area contributed by atoms with E-state index < -0.39 is 22.9 Å². The molecule has 0 aromatic carbocycles. The molecule has 0 radical (unpaired) electrons. The average Bonchev–Trinajstić information content (AvgIpc) is 2.35. The van der Waals surface area contributed by atoms with Crippen LogP contribution >= 0.6 is 0 Å². The first-order valence-electron chi connectivity index (χ1n) is 6.95. The molecule has 20 heavy (non-hydrogen) atoms. The van der Waals surface area contributed by atoms with Gasteiger partial charge >= 0.3 is 0 Å². The summed E-state index contributed by atoms with van der Waals surface area (Å²) in [6.45, 7) is 10.6. The Kier molecular flexibility index (Phi) is 7.11. The highest BCUT2D eigenvalue weighted by molar-refractivity contribution is 5.01. The van der Waals surface area contributed by atoms with Crippen molar-refractivity contribution in [2.45, 2.75) is 69.9 Å². The van der Waals surface area contributed by atoms with Crippen LogP contribution in [0.3, 0.4) is 0 Å². The van der Waals surface area contributed by atoms with Crippen LogP contribution in [-0.2, 0) is 4.74 Å². The lowest BCUT2D eigenvalue weighted by molar-refractivity contribution is -0.0697. The molecule has 3 atom stereocenters. The first-order chi connectivity index (χ1) is 8.96. The van der Waals surface area contributed by atoms with Crippen LogP contribution in [0.4, 0.5) is 0 Å². The summed E-state index contributed by atoms with van der Waals surface area (Å²) in [6.07, 6.45) is 5.15. The average molecular weight is 286 g/mol. The van der Waals surface area contributed by atoms with Gasteiger partial charge in [0, 0.05) is 7.11 Å². The van der Waals surface area contributed by atoms with E-state index >= 15 is 0 Å². The van der Waals surface area contributed by atoms with Crippen LogP contribution in [0, 0.1) is 0 Å². The van der Waals surface area contributed by atoms with E-state index in [2.05, 4.69) is 6.58 Å². The van der Waals surface area contributed by atoms with Crippen LogP contribution in [0.2, 0.25) is 0 Å². The standard InChI is InChI=1S/C16H30O4/c1-7-15(4,18)12-9-13(17)16(5,19)11-8-10-14(2,3)20-6/h7-8,10,13,17-19H,1,9,11-12H2,2-6H3. The maximum atomic E-state index is 10.3. The molecule has 0 amide bonds. The molecule has 0 aliphatic rings. The highest BCUT2D eigenvalue weighted by atomic mass is 16.5. The van der Waals surface area contributed by atoms with Crippen molar-refractivity contribution < 1.29 is 20.1 Å². The molecule has 0 heterocycles. The quantitative estimate of drug-likeness (QED) is 0.568. The molecule has 3 unspecified atom stereocenters. The van der Waals surface area contributed by atoms with E-state index in [1.165, 1.54) is 6.08 Å². The Labute approximate surface area is 122 Å². The predicted molar refractivity (Wildman–Crippen MR) is 81.5 cm³/mol. The van der Waals surface area contributed by atoms with Crippen LogP contribution in [0.15, 0.2) is 24.8 Å². The second-order valence-electron chi connectivity index (χ2n) is 6.39. The van der Waals surface area contributed by atoms with Crippen molar-refractivity contribution in [2.24, 2.45) is 0 Å². The molecule has 0 aliphatic heterocycles. The number of hydrogen-bond donors (Lipinski definition) is 3. The molecular weight excluding hydrogens is 256 g/mol. The number of ether oxygens (including phenoxy) is 1. The summed E-state index contributed by atoms with van der Waals surface area (Å²) in [4.78, 5) is 0. The van der Waals surface area contributed by atoms with E-state index in [1.54, 1.807) is 27.0 Å². The van der Waals surface area contributed by atoms with E-state index in [1.807, 2.05) is 19.9 Å². The third-order valence-electron chi connectivity index (χ3n) is 3.66. The first-order valence-corrected chi connectivity index (χ1v) is 6.95. The maximum absolute atomic E-state index is 10.3. The van der Waals surface area contributed by atoms with E-state index in [0.717, 1.165) is 0 Å². The van der Waals surface area contributed by atoms with Gasteiger partial charge in [0.1, 0.15) is 0 Å². The van der Waals surface area contributed by atoms with E-state index in [-0.39, 0.29) is 0 Å². The number of methoxy groups -OCH3 is 1. The zero-order chi connectivity index (χ0) is 16.0. The molecule has 0 aromatic heterocycles. The molecule has 0 fully saturated rings. The molecule has 0 aliphatic carbocycles. The third kappa shape index (κ3) is 7.20. The van der Waals surface area contributed by atoms with Gasteiger partial charge in [-0.25, -0.2) is 0 Å². The number of aliphatic hydroxyl groups excluding tert-OH is 1. The zero-order valence-corrected chi connectivity index (χ0v) is 13.4. The maximum Gasteiger partial charge on any atom is 0.0911 e. The van der Waals surface area contributed by atoms with Crippen molar-refractivity contribution in [3.8, 4) is 0 Å². The van der Waals surface area contributed by atoms with Crippen LogP contribution in [0.1, 0.15) is 47.0 Å². The molecule has 0 bridgehead atoms. The lowest BCUT2D eigenvalue weighted by Crippen LogP contribution is -2.40. The van der Waals surface area contributed by atoms with Crippen molar-refractivity contribution in [3.05, 3.63) is 24.8 Å². The Morgan fingerprint density at radius 3 is 2.20 bits per heavy atom. The van der Waals surface area contributed by atoms with Crippen LogP contribution < -0.4 is 0 Å². The second-order valence-corrected chi connectivity index (χ2v) is 6.39. The molecule has 0 saturated carbocycles.